The van der Waals surface area contributed by atoms with Crippen LogP contribution in [0.25, 0.3) is 0 Å². The monoisotopic (exact) mass is 203 g/mol. The summed E-state index contributed by atoms with van der Waals surface area (Å²) in [4.78, 5) is 0. The van der Waals surface area contributed by atoms with E-state index in [4.69, 9.17) is 0 Å². The first-order valence-corrected chi connectivity index (χ1v) is 7.03. The fraction of sp³-hybridized carbons (Fsp3) is 0.455. The van der Waals surface area contributed by atoms with Crippen LogP contribution in [0.1, 0.15) is 26.3 Å². The smallest absolute Gasteiger partial charge is 0.0608 e. The molecule has 0 aliphatic carbocycles. The van der Waals surface area contributed by atoms with E-state index in [-0.39, 0.29) is 0 Å². The minimum absolute atomic E-state index is 0.377. The summed E-state index contributed by atoms with van der Waals surface area (Å²) in [5.41, 5.74) is 1.85. The van der Waals surface area contributed by atoms with E-state index in [0.29, 0.717) is 5.41 Å². The average molecular weight is 203 g/mol. The quantitative estimate of drug-likeness (QED) is 0.642. The van der Waals surface area contributed by atoms with Crippen LogP contribution in [0.4, 0.5) is 0 Å². The molecule has 67 valence electrons. The van der Waals surface area contributed by atoms with Gasteiger partial charge in [0.2, 0.25) is 0 Å². The Hall–Kier alpha value is -0.346. The number of hydrogen-bond donors (Lipinski definition) is 0. The second kappa shape index (κ2) is 4.24. The molecule has 0 fully saturated rings. The van der Waals surface area contributed by atoms with Crippen LogP contribution >= 0.6 is 0 Å². The van der Waals surface area contributed by atoms with Crippen molar-refractivity contribution in [2.75, 3.05) is 0 Å². The minimum Gasteiger partial charge on any atom is -0.0650 e. The predicted octanol–water partition coefficient (Wildman–Crippen LogP) is 1.69. The van der Waals surface area contributed by atoms with E-state index < -0.39 is 0 Å². The van der Waals surface area contributed by atoms with Crippen molar-refractivity contribution in [3.05, 3.63) is 29.8 Å². The summed E-state index contributed by atoms with van der Waals surface area (Å²) in [6, 6.07) is 8.66. The van der Waals surface area contributed by atoms with Gasteiger partial charge in [0.05, 0.1) is 9.04 Å². The van der Waals surface area contributed by atoms with Gasteiger partial charge in [-0.3, -0.25) is 0 Å². The molecule has 1 aromatic carbocycles. The van der Waals surface area contributed by atoms with Gasteiger partial charge >= 0.3 is 0 Å². The molecule has 0 amide bonds. The summed E-state index contributed by atoms with van der Waals surface area (Å²) >= 11 is 0. The highest BCUT2D eigenvalue weighted by Crippen LogP contribution is 2.18. The lowest BCUT2D eigenvalue weighted by molar-refractivity contribution is 0.412. The van der Waals surface area contributed by atoms with Crippen molar-refractivity contribution in [1.82, 2.24) is 0 Å². The Balaban J connectivity index is 2.87. The number of rotatable bonds is 2. The SMILES string of the molecule is CC(C)(C)Cc1ccccc1[Si][Si]. The molecule has 0 aliphatic heterocycles. The molecule has 0 atom stereocenters. The standard InChI is InChI=1S/C11H15Si2/c1-11(2,3)8-9-6-4-5-7-10(9)13-12/h4-7H,8H2,1-3H3. The summed E-state index contributed by atoms with van der Waals surface area (Å²) in [5, 5.41) is 1.44. The molecule has 1 aromatic rings. The van der Waals surface area contributed by atoms with Crippen LogP contribution in [-0.4, -0.2) is 18.8 Å². The first kappa shape index (κ1) is 10.7. The third-order valence-corrected chi connectivity index (χ3v) is 3.44. The van der Waals surface area contributed by atoms with Crippen molar-refractivity contribution < 1.29 is 0 Å². The van der Waals surface area contributed by atoms with E-state index in [0.717, 1.165) is 15.5 Å². The van der Waals surface area contributed by atoms with Crippen molar-refractivity contribution in [3.63, 3.8) is 0 Å². The molecule has 0 bridgehead atoms. The molecule has 2 heteroatoms. The van der Waals surface area contributed by atoms with Gasteiger partial charge in [0.15, 0.2) is 0 Å². The molecule has 0 saturated heterocycles. The average Bonchev–Trinajstić information content (AvgIpc) is 2.02. The Morgan fingerprint density at radius 2 is 1.85 bits per heavy atom. The Kier molecular flexibility index (Phi) is 3.50. The van der Waals surface area contributed by atoms with Crippen LogP contribution in [0, 0.1) is 5.41 Å². The van der Waals surface area contributed by atoms with Gasteiger partial charge in [-0.15, -0.1) is 0 Å². The summed E-state index contributed by atoms with van der Waals surface area (Å²) in [7, 11) is 4.31. The van der Waals surface area contributed by atoms with Crippen LogP contribution in [0.15, 0.2) is 24.3 Å². The summed E-state index contributed by atoms with van der Waals surface area (Å²) in [5.74, 6) is 0. The second-order valence-corrected chi connectivity index (χ2v) is 6.06. The van der Waals surface area contributed by atoms with Gasteiger partial charge in [-0.05, 0) is 17.4 Å². The van der Waals surface area contributed by atoms with Crippen LogP contribution < -0.4 is 5.19 Å². The maximum Gasteiger partial charge on any atom is 0.0608 e. The molecule has 13 heavy (non-hydrogen) atoms. The van der Waals surface area contributed by atoms with Crippen molar-refractivity contribution in [3.8, 4) is 0 Å². The van der Waals surface area contributed by atoms with Gasteiger partial charge in [0, 0.05) is 9.76 Å². The van der Waals surface area contributed by atoms with Crippen molar-refractivity contribution in [2.24, 2.45) is 5.41 Å². The zero-order valence-corrected chi connectivity index (χ0v) is 10.5. The molecule has 0 nitrogen and oxygen atoms in total. The summed E-state index contributed by atoms with van der Waals surface area (Å²) in [6.45, 7) is 6.83. The van der Waals surface area contributed by atoms with E-state index in [1.165, 1.54) is 10.8 Å². The van der Waals surface area contributed by atoms with Crippen LogP contribution in [-0.2, 0) is 6.42 Å². The van der Waals surface area contributed by atoms with E-state index in [2.05, 4.69) is 54.8 Å². The fourth-order valence-electron chi connectivity index (χ4n) is 1.37. The molecule has 0 aliphatic rings. The third-order valence-electron chi connectivity index (χ3n) is 1.87. The summed E-state index contributed by atoms with van der Waals surface area (Å²) in [6.07, 6.45) is 1.15. The van der Waals surface area contributed by atoms with Crippen molar-refractivity contribution >= 4 is 24.0 Å². The Morgan fingerprint density at radius 1 is 1.23 bits per heavy atom. The highest BCUT2D eigenvalue weighted by Gasteiger charge is 2.12. The van der Waals surface area contributed by atoms with E-state index in [1.54, 1.807) is 0 Å². The molecular formula is C11H15Si2. The largest absolute Gasteiger partial charge is 0.0650 e. The lowest BCUT2D eigenvalue weighted by Crippen LogP contribution is -2.23. The molecule has 1 rings (SSSR count). The molecule has 0 unspecified atom stereocenters. The Morgan fingerprint density at radius 3 is 2.38 bits per heavy atom. The molecular weight excluding hydrogens is 188 g/mol. The highest BCUT2D eigenvalue weighted by molar-refractivity contribution is 6.97. The molecule has 0 saturated carbocycles. The zero-order chi connectivity index (χ0) is 9.90. The lowest BCUT2D eigenvalue weighted by atomic mass is 9.88. The first-order chi connectivity index (χ1) is 6.03. The van der Waals surface area contributed by atoms with Crippen molar-refractivity contribution in [2.45, 2.75) is 27.2 Å². The van der Waals surface area contributed by atoms with Crippen LogP contribution in [0.2, 0.25) is 0 Å². The summed E-state index contributed by atoms with van der Waals surface area (Å²) < 4.78 is 0. The topological polar surface area (TPSA) is 0 Å². The van der Waals surface area contributed by atoms with E-state index >= 15 is 0 Å². The highest BCUT2D eigenvalue weighted by atomic mass is 29.1. The Bertz CT molecular complexity index is 274. The third kappa shape index (κ3) is 3.48. The molecule has 0 aromatic heterocycles. The van der Waals surface area contributed by atoms with Gasteiger partial charge in [0.1, 0.15) is 0 Å². The van der Waals surface area contributed by atoms with E-state index in [1.807, 2.05) is 0 Å². The van der Waals surface area contributed by atoms with Gasteiger partial charge in [0.25, 0.3) is 0 Å². The normalized spacial score (nSPS) is 11.7. The first-order valence-electron chi connectivity index (χ1n) is 4.53. The van der Waals surface area contributed by atoms with Gasteiger partial charge < -0.3 is 0 Å². The fourth-order valence-corrected chi connectivity index (χ4v) is 2.61. The maximum atomic E-state index is 3.59. The zero-order valence-electron chi connectivity index (χ0n) is 8.52. The minimum atomic E-state index is 0.377. The van der Waals surface area contributed by atoms with E-state index in [9.17, 15) is 0 Å². The van der Waals surface area contributed by atoms with Crippen LogP contribution in [0.5, 0.6) is 0 Å². The van der Waals surface area contributed by atoms with Gasteiger partial charge in [-0.1, -0.05) is 50.2 Å². The van der Waals surface area contributed by atoms with Crippen LogP contribution in [0.3, 0.4) is 0 Å². The molecule has 0 heterocycles. The molecule has 0 N–H and O–H groups in total. The second-order valence-electron chi connectivity index (χ2n) is 4.52. The maximum absolute atomic E-state index is 3.59. The number of hydrogen-bond acceptors (Lipinski definition) is 0. The lowest BCUT2D eigenvalue weighted by Gasteiger charge is -2.19. The Labute approximate surface area is 86.8 Å². The van der Waals surface area contributed by atoms with Gasteiger partial charge in [-0.25, -0.2) is 0 Å². The predicted molar refractivity (Wildman–Crippen MR) is 60.7 cm³/mol. The molecule has 0 spiro atoms. The molecule has 5 radical (unpaired) electrons. The van der Waals surface area contributed by atoms with Gasteiger partial charge in [-0.2, -0.15) is 0 Å². The van der Waals surface area contributed by atoms with Crippen molar-refractivity contribution in [1.29, 1.82) is 0 Å². The number of benzene rings is 1.